The third kappa shape index (κ3) is 5.80. The molecule has 1 rings (SSSR count). The first-order chi connectivity index (χ1) is 8.76. The van der Waals surface area contributed by atoms with E-state index in [0.717, 1.165) is 57.3 Å². The van der Waals surface area contributed by atoms with E-state index >= 15 is 0 Å². The number of aryl methyl sites for hydroxylation is 2. The normalized spacial score (nSPS) is 10.3. The Kier molecular flexibility index (Phi) is 7.07. The van der Waals surface area contributed by atoms with E-state index in [4.69, 9.17) is 0 Å². The first-order valence-electron chi connectivity index (χ1n) is 6.87. The van der Waals surface area contributed by atoms with Gasteiger partial charge in [-0.3, -0.25) is 9.78 Å². The number of rotatable bonds is 9. The summed E-state index contributed by atoms with van der Waals surface area (Å²) in [6.07, 6.45) is 8.39. The fraction of sp³-hybridized carbons (Fsp3) is 0.600. The lowest BCUT2D eigenvalue weighted by Crippen LogP contribution is -2.24. The number of carbonyl (C=O) groups excluding carboxylic acids is 1. The zero-order chi connectivity index (χ0) is 13.2. The quantitative estimate of drug-likeness (QED) is 0.497. The molecule has 0 unspecified atom stereocenters. The predicted octanol–water partition coefficient (Wildman–Crippen LogP) is 2.97. The molecular weight excluding hydrogens is 224 g/mol. The minimum atomic E-state index is 0.878. The number of amides is 1. The van der Waals surface area contributed by atoms with E-state index in [1.165, 1.54) is 5.56 Å². The molecule has 1 heterocycles. The lowest BCUT2D eigenvalue weighted by atomic mass is 10.1. The highest BCUT2D eigenvalue weighted by Gasteiger charge is 2.00. The van der Waals surface area contributed by atoms with Crippen LogP contribution in [0.25, 0.3) is 0 Å². The van der Waals surface area contributed by atoms with E-state index in [9.17, 15) is 4.79 Å². The molecule has 100 valence electrons. The third-order valence-electron chi connectivity index (χ3n) is 3.08. The summed E-state index contributed by atoms with van der Waals surface area (Å²) in [5.41, 5.74) is 2.34. The van der Waals surface area contributed by atoms with Crippen LogP contribution in [0.1, 0.15) is 43.9 Å². The van der Waals surface area contributed by atoms with E-state index < -0.39 is 0 Å². The molecule has 0 saturated carbocycles. The third-order valence-corrected chi connectivity index (χ3v) is 3.08. The molecule has 0 N–H and O–H groups in total. The maximum Gasteiger partial charge on any atom is 0.209 e. The lowest BCUT2D eigenvalue weighted by Gasteiger charge is -2.16. The zero-order valence-electron chi connectivity index (χ0n) is 11.6. The van der Waals surface area contributed by atoms with Gasteiger partial charge in [0.2, 0.25) is 6.41 Å². The minimum Gasteiger partial charge on any atom is -0.345 e. The second-order valence-corrected chi connectivity index (χ2v) is 4.76. The van der Waals surface area contributed by atoms with Crippen molar-refractivity contribution in [3.8, 4) is 0 Å². The molecule has 0 fully saturated rings. The highest BCUT2D eigenvalue weighted by atomic mass is 16.1. The number of aromatic nitrogens is 1. The van der Waals surface area contributed by atoms with Crippen LogP contribution in [-0.4, -0.2) is 29.4 Å². The molecule has 3 nitrogen and oxygen atoms in total. The highest BCUT2D eigenvalue weighted by Crippen LogP contribution is 2.05. The average molecular weight is 248 g/mol. The van der Waals surface area contributed by atoms with Gasteiger partial charge in [0.1, 0.15) is 0 Å². The van der Waals surface area contributed by atoms with E-state index in [1.807, 2.05) is 24.1 Å². The number of pyridine rings is 1. The summed E-state index contributed by atoms with van der Waals surface area (Å²) in [6, 6.07) is 4.19. The van der Waals surface area contributed by atoms with Gasteiger partial charge in [-0.2, -0.15) is 0 Å². The van der Waals surface area contributed by atoms with Gasteiger partial charge in [-0.1, -0.05) is 19.4 Å². The molecule has 18 heavy (non-hydrogen) atoms. The minimum absolute atomic E-state index is 0.878. The number of carbonyl (C=O) groups is 1. The number of nitrogens with zero attached hydrogens (tertiary/aromatic N) is 2. The van der Waals surface area contributed by atoms with Crippen molar-refractivity contribution in [1.29, 1.82) is 0 Å². The van der Waals surface area contributed by atoms with Crippen molar-refractivity contribution >= 4 is 6.41 Å². The smallest absolute Gasteiger partial charge is 0.209 e. The van der Waals surface area contributed by atoms with Crippen LogP contribution in [0, 0.1) is 6.92 Å². The molecular formula is C15H24N2O. The zero-order valence-corrected chi connectivity index (χ0v) is 11.6. The SMILES string of the molecule is CCCCN(C=O)CCCCc1ccc(C)nc1. The topological polar surface area (TPSA) is 33.2 Å². The van der Waals surface area contributed by atoms with Gasteiger partial charge in [0, 0.05) is 25.0 Å². The Hall–Kier alpha value is -1.38. The van der Waals surface area contributed by atoms with Crippen LogP contribution in [-0.2, 0) is 11.2 Å². The first-order valence-corrected chi connectivity index (χ1v) is 6.87. The molecule has 0 bridgehead atoms. The van der Waals surface area contributed by atoms with Gasteiger partial charge in [0.15, 0.2) is 0 Å². The molecule has 3 heteroatoms. The number of hydrogen-bond donors (Lipinski definition) is 0. The van der Waals surface area contributed by atoms with Gasteiger partial charge in [0.05, 0.1) is 0 Å². The van der Waals surface area contributed by atoms with Crippen LogP contribution in [0.15, 0.2) is 18.3 Å². The van der Waals surface area contributed by atoms with Crippen LogP contribution in [0.4, 0.5) is 0 Å². The van der Waals surface area contributed by atoms with Gasteiger partial charge in [-0.15, -0.1) is 0 Å². The largest absolute Gasteiger partial charge is 0.345 e. The maximum absolute atomic E-state index is 10.8. The molecule has 1 aromatic heterocycles. The fourth-order valence-corrected chi connectivity index (χ4v) is 1.87. The van der Waals surface area contributed by atoms with Crippen molar-refractivity contribution in [2.24, 2.45) is 0 Å². The average Bonchev–Trinajstić information content (AvgIpc) is 2.40. The van der Waals surface area contributed by atoms with E-state index in [1.54, 1.807) is 0 Å². The van der Waals surface area contributed by atoms with E-state index in [-0.39, 0.29) is 0 Å². The van der Waals surface area contributed by atoms with Gasteiger partial charge < -0.3 is 4.90 Å². The van der Waals surface area contributed by atoms with Gasteiger partial charge in [-0.25, -0.2) is 0 Å². The van der Waals surface area contributed by atoms with Crippen molar-refractivity contribution in [1.82, 2.24) is 9.88 Å². The standard InChI is InChI=1S/C15H24N2O/c1-3-4-10-17(13-18)11-6-5-7-15-9-8-14(2)16-12-15/h8-9,12-13H,3-7,10-11H2,1-2H3. The van der Waals surface area contributed by atoms with Crippen LogP contribution >= 0.6 is 0 Å². The Balaban J connectivity index is 2.17. The van der Waals surface area contributed by atoms with Gasteiger partial charge in [0.25, 0.3) is 0 Å². The highest BCUT2D eigenvalue weighted by molar-refractivity contribution is 5.46. The Morgan fingerprint density at radius 2 is 2.00 bits per heavy atom. The number of unbranched alkanes of at least 4 members (excludes halogenated alkanes) is 2. The first kappa shape index (κ1) is 14.7. The van der Waals surface area contributed by atoms with Crippen LogP contribution in [0.3, 0.4) is 0 Å². The van der Waals surface area contributed by atoms with Crippen molar-refractivity contribution < 1.29 is 4.79 Å². The van der Waals surface area contributed by atoms with E-state index in [2.05, 4.69) is 18.0 Å². The van der Waals surface area contributed by atoms with Crippen molar-refractivity contribution in [2.75, 3.05) is 13.1 Å². The summed E-state index contributed by atoms with van der Waals surface area (Å²) in [7, 11) is 0. The van der Waals surface area contributed by atoms with Crippen molar-refractivity contribution in [2.45, 2.75) is 46.0 Å². The molecule has 1 aromatic rings. The van der Waals surface area contributed by atoms with Crippen molar-refractivity contribution in [3.63, 3.8) is 0 Å². The Bertz CT molecular complexity index is 335. The molecule has 0 atom stereocenters. The van der Waals surface area contributed by atoms with Crippen molar-refractivity contribution in [3.05, 3.63) is 29.6 Å². The van der Waals surface area contributed by atoms with Crippen LogP contribution < -0.4 is 0 Å². The number of hydrogen-bond acceptors (Lipinski definition) is 2. The Labute approximate surface area is 110 Å². The molecule has 1 amide bonds. The maximum atomic E-state index is 10.8. The van der Waals surface area contributed by atoms with Gasteiger partial charge in [-0.05, 0) is 44.2 Å². The molecule has 0 aliphatic carbocycles. The van der Waals surface area contributed by atoms with Gasteiger partial charge >= 0.3 is 0 Å². The summed E-state index contributed by atoms with van der Waals surface area (Å²) in [4.78, 5) is 17.0. The monoisotopic (exact) mass is 248 g/mol. The van der Waals surface area contributed by atoms with Crippen LogP contribution in [0.5, 0.6) is 0 Å². The molecule has 0 aliphatic rings. The molecule has 0 aromatic carbocycles. The summed E-state index contributed by atoms with van der Waals surface area (Å²) in [5, 5.41) is 0. The molecule has 0 aliphatic heterocycles. The second-order valence-electron chi connectivity index (χ2n) is 4.76. The predicted molar refractivity (Wildman–Crippen MR) is 74.5 cm³/mol. The summed E-state index contributed by atoms with van der Waals surface area (Å²) >= 11 is 0. The Morgan fingerprint density at radius 1 is 1.22 bits per heavy atom. The lowest BCUT2D eigenvalue weighted by molar-refractivity contribution is -0.118. The van der Waals surface area contributed by atoms with Crippen LogP contribution in [0.2, 0.25) is 0 Å². The van der Waals surface area contributed by atoms with E-state index in [0.29, 0.717) is 0 Å². The summed E-state index contributed by atoms with van der Waals surface area (Å²) in [6.45, 7) is 5.92. The molecule has 0 spiro atoms. The Morgan fingerprint density at radius 3 is 2.61 bits per heavy atom. The second kappa shape index (κ2) is 8.67. The molecule has 0 radical (unpaired) electrons. The molecule has 0 saturated heterocycles. The fourth-order valence-electron chi connectivity index (χ4n) is 1.87. The summed E-state index contributed by atoms with van der Waals surface area (Å²) < 4.78 is 0. The summed E-state index contributed by atoms with van der Waals surface area (Å²) in [5.74, 6) is 0.